The quantitative estimate of drug-likeness (QED) is 0.767. The third-order valence-electron chi connectivity index (χ3n) is 2.23. The van der Waals surface area contributed by atoms with Crippen molar-refractivity contribution >= 4 is 0 Å². The third kappa shape index (κ3) is 2.56. The van der Waals surface area contributed by atoms with Crippen LogP contribution in [0.2, 0.25) is 0 Å². The monoisotopic (exact) mass is 181 g/mol. The standard InChI is InChI=1S/C10H19N3/c1-8(2)13-7-10(6-12-13)9(3)5-11-4/h6-9,11H,5H2,1-4H3. The number of hydrogen-bond donors (Lipinski definition) is 1. The minimum absolute atomic E-state index is 0.454. The Morgan fingerprint density at radius 3 is 2.62 bits per heavy atom. The largest absolute Gasteiger partial charge is 0.319 e. The van der Waals surface area contributed by atoms with Crippen molar-refractivity contribution in [2.75, 3.05) is 13.6 Å². The van der Waals surface area contributed by atoms with E-state index in [-0.39, 0.29) is 0 Å². The van der Waals surface area contributed by atoms with Crippen LogP contribution in [0, 0.1) is 0 Å². The summed E-state index contributed by atoms with van der Waals surface area (Å²) in [5.74, 6) is 0.539. The number of nitrogens with one attached hydrogen (secondary N) is 1. The molecular formula is C10H19N3. The lowest BCUT2D eigenvalue weighted by atomic mass is 10.1. The summed E-state index contributed by atoms with van der Waals surface area (Å²) in [6, 6.07) is 0.454. The van der Waals surface area contributed by atoms with Crippen LogP contribution in [0.1, 0.15) is 38.3 Å². The van der Waals surface area contributed by atoms with Gasteiger partial charge in [-0.25, -0.2) is 0 Å². The number of nitrogens with zero attached hydrogens (tertiary/aromatic N) is 2. The normalized spacial score (nSPS) is 13.6. The molecule has 0 fully saturated rings. The Labute approximate surface area is 80.1 Å². The van der Waals surface area contributed by atoms with E-state index >= 15 is 0 Å². The molecule has 0 aliphatic heterocycles. The van der Waals surface area contributed by atoms with Crippen molar-refractivity contribution in [2.24, 2.45) is 0 Å². The van der Waals surface area contributed by atoms with Crippen LogP contribution in [0.15, 0.2) is 12.4 Å². The molecule has 0 aliphatic rings. The van der Waals surface area contributed by atoms with E-state index in [4.69, 9.17) is 0 Å². The maximum Gasteiger partial charge on any atom is 0.0525 e. The Balaban J connectivity index is 2.67. The molecule has 74 valence electrons. The van der Waals surface area contributed by atoms with E-state index in [9.17, 15) is 0 Å². The van der Waals surface area contributed by atoms with Crippen LogP contribution in [0.5, 0.6) is 0 Å². The van der Waals surface area contributed by atoms with E-state index in [1.54, 1.807) is 0 Å². The SMILES string of the molecule is CNCC(C)c1cnn(C(C)C)c1. The fraction of sp³-hybridized carbons (Fsp3) is 0.700. The van der Waals surface area contributed by atoms with Crippen molar-refractivity contribution in [3.05, 3.63) is 18.0 Å². The van der Waals surface area contributed by atoms with E-state index in [1.807, 2.05) is 17.9 Å². The van der Waals surface area contributed by atoms with Gasteiger partial charge in [0.15, 0.2) is 0 Å². The maximum absolute atomic E-state index is 4.31. The molecule has 1 aromatic rings. The first kappa shape index (κ1) is 10.3. The minimum atomic E-state index is 0.454. The summed E-state index contributed by atoms with van der Waals surface area (Å²) in [6.07, 6.45) is 4.09. The van der Waals surface area contributed by atoms with Gasteiger partial charge < -0.3 is 5.32 Å². The molecule has 3 heteroatoms. The van der Waals surface area contributed by atoms with Crippen LogP contribution in [-0.2, 0) is 0 Å². The van der Waals surface area contributed by atoms with Gasteiger partial charge in [-0.15, -0.1) is 0 Å². The van der Waals surface area contributed by atoms with E-state index in [2.05, 4.69) is 37.4 Å². The van der Waals surface area contributed by atoms with Gasteiger partial charge in [0.25, 0.3) is 0 Å². The summed E-state index contributed by atoms with van der Waals surface area (Å²) in [6.45, 7) is 7.49. The second kappa shape index (κ2) is 4.42. The fourth-order valence-electron chi connectivity index (χ4n) is 1.31. The highest BCUT2D eigenvalue weighted by Gasteiger charge is 2.07. The predicted octanol–water partition coefficient (Wildman–Crippen LogP) is 1.79. The van der Waals surface area contributed by atoms with Gasteiger partial charge in [-0.2, -0.15) is 5.10 Å². The lowest BCUT2D eigenvalue weighted by Gasteiger charge is -2.07. The number of likely N-dealkylation sites (N-methyl/N-ethyl adjacent to an activating group) is 1. The zero-order valence-corrected chi connectivity index (χ0v) is 8.91. The first-order chi connectivity index (χ1) is 6.15. The second-order valence-electron chi connectivity index (χ2n) is 3.81. The lowest BCUT2D eigenvalue weighted by Crippen LogP contribution is -2.14. The van der Waals surface area contributed by atoms with Crippen molar-refractivity contribution in [2.45, 2.75) is 32.7 Å². The molecule has 3 nitrogen and oxygen atoms in total. The Kier molecular flexibility index (Phi) is 3.48. The van der Waals surface area contributed by atoms with Gasteiger partial charge in [-0.1, -0.05) is 6.92 Å². The van der Waals surface area contributed by atoms with E-state index < -0.39 is 0 Å². The smallest absolute Gasteiger partial charge is 0.0525 e. The zero-order valence-electron chi connectivity index (χ0n) is 8.91. The molecule has 1 unspecified atom stereocenters. The predicted molar refractivity (Wildman–Crippen MR) is 55.0 cm³/mol. The minimum Gasteiger partial charge on any atom is -0.319 e. The summed E-state index contributed by atoms with van der Waals surface area (Å²) in [5, 5.41) is 7.48. The van der Waals surface area contributed by atoms with Gasteiger partial charge in [-0.3, -0.25) is 4.68 Å². The van der Waals surface area contributed by atoms with Crippen LogP contribution in [0.3, 0.4) is 0 Å². The molecule has 1 atom stereocenters. The molecule has 13 heavy (non-hydrogen) atoms. The van der Waals surface area contributed by atoms with Crippen molar-refractivity contribution < 1.29 is 0 Å². The topological polar surface area (TPSA) is 29.9 Å². The lowest BCUT2D eigenvalue weighted by molar-refractivity contribution is 0.531. The van der Waals surface area contributed by atoms with Crippen molar-refractivity contribution in [1.29, 1.82) is 0 Å². The summed E-state index contributed by atoms with van der Waals surface area (Å²) in [7, 11) is 1.98. The molecular weight excluding hydrogens is 162 g/mol. The fourth-order valence-corrected chi connectivity index (χ4v) is 1.31. The van der Waals surface area contributed by atoms with E-state index in [0.717, 1.165) is 6.54 Å². The van der Waals surface area contributed by atoms with Gasteiger partial charge in [0.2, 0.25) is 0 Å². The maximum atomic E-state index is 4.31. The molecule has 0 aromatic carbocycles. The average molecular weight is 181 g/mol. The van der Waals surface area contributed by atoms with Crippen LogP contribution >= 0.6 is 0 Å². The van der Waals surface area contributed by atoms with Crippen LogP contribution in [0.4, 0.5) is 0 Å². The van der Waals surface area contributed by atoms with Crippen molar-refractivity contribution in [3.63, 3.8) is 0 Å². The molecule has 0 saturated carbocycles. The van der Waals surface area contributed by atoms with E-state index in [1.165, 1.54) is 5.56 Å². The third-order valence-corrected chi connectivity index (χ3v) is 2.23. The molecule has 1 N–H and O–H groups in total. The van der Waals surface area contributed by atoms with Crippen molar-refractivity contribution in [3.8, 4) is 0 Å². The highest BCUT2D eigenvalue weighted by Crippen LogP contribution is 2.14. The molecule has 0 spiro atoms. The molecule has 0 bridgehead atoms. The van der Waals surface area contributed by atoms with Gasteiger partial charge in [0, 0.05) is 18.8 Å². The number of aromatic nitrogens is 2. The molecule has 0 aliphatic carbocycles. The van der Waals surface area contributed by atoms with Gasteiger partial charge in [0.1, 0.15) is 0 Å². The second-order valence-corrected chi connectivity index (χ2v) is 3.81. The zero-order chi connectivity index (χ0) is 9.84. The molecule has 1 heterocycles. The van der Waals surface area contributed by atoms with Crippen LogP contribution in [-0.4, -0.2) is 23.4 Å². The summed E-state index contributed by atoms with van der Waals surface area (Å²) < 4.78 is 2.00. The summed E-state index contributed by atoms with van der Waals surface area (Å²) in [5.41, 5.74) is 1.31. The highest BCUT2D eigenvalue weighted by atomic mass is 15.3. The van der Waals surface area contributed by atoms with Crippen molar-refractivity contribution in [1.82, 2.24) is 15.1 Å². The van der Waals surface area contributed by atoms with Gasteiger partial charge in [-0.05, 0) is 32.4 Å². The number of hydrogen-bond acceptors (Lipinski definition) is 2. The highest BCUT2D eigenvalue weighted by molar-refractivity contribution is 5.10. The van der Waals surface area contributed by atoms with Gasteiger partial charge >= 0.3 is 0 Å². The van der Waals surface area contributed by atoms with E-state index in [0.29, 0.717) is 12.0 Å². The first-order valence-corrected chi connectivity index (χ1v) is 4.83. The molecule has 1 rings (SSSR count). The molecule has 0 amide bonds. The van der Waals surface area contributed by atoms with Crippen LogP contribution in [0.25, 0.3) is 0 Å². The Morgan fingerprint density at radius 1 is 1.46 bits per heavy atom. The Bertz CT molecular complexity index is 252. The summed E-state index contributed by atoms with van der Waals surface area (Å²) >= 11 is 0. The summed E-state index contributed by atoms with van der Waals surface area (Å²) in [4.78, 5) is 0. The average Bonchev–Trinajstić information content (AvgIpc) is 2.52. The van der Waals surface area contributed by atoms with Gasteiger partial charge in [0.05, 0.1) is 6.20 Å². The Hall–Kier alpha value is -0.830. The first-order valence-electron chi connectivity index (χ1n) is 4.83. The number of rotatable bonds is 4. The molecule has 0 radical (unpaired) electrons. The van der Waals surface area contributed by atoms with Crippen LogP contribution < -0.4 is 5.32 Å². The Morgan fingerprint density at radius 2 is 2.15 bits per heavy atom. The molecule has 0 saturated heterocycles. The molecule has 1 aromatic heterocycles.